The summed E-state index contributed by atoms with van der Waals surface area (Å²) < 4.78 is 38.1. The first kappa shape index (κ1) is 8.80. The summed E-state index contributed by atoms with van der Waals surface area (Å²) in [5.74, 6) is 0.0247. The van der Waals surface area contributed by atoms with Gasteiger partial charge in [0.25, 0.3) is 0 Å². The lowest BCUT2D eigenvalue weighted by Gasteiger charge is -2.10. The Labute approximate surface area is 62.7 Å². The molecule has 1 heterocycles. The Kier molecular flexibility index (Phi) is 2.72. The quantitative estimate of drug-likeness (QED) is 0.669. The van der Waals surface area contributed by atoms with E-state index in [1.807, 2.05) is 0 Å². The molecule has 0 aromatic heterocycles. The second kappa shape index (κ2) is 3.40. The second-order valence-electron chi connectivity index (χ2n) is 2.62. The van der Waals surface area contributed by atoms with Gasteiger partial charge >= 0.3 is 6.36 Å². The Hall–Kier alpha value is -0.290. The van der Waals surface area contributed by atoms with Crippen molar-refractivity contribution in [1.29, 1.82) is 0 Å². The third-order valence-corrected chi connectivity index (χ3v) is 1.65. The molecule has 0 aromatic carbocycles. The SMILES string of the molecule is FC(F)(F)OCC1CCNC1. The minimum Gasteiger partial charge on any atom is -0.316 e. The van der Waals surface area contributed by atoms with Crippen LogP contribution in [0.3, 0.4) is 0 Å². The van der Waals surface area contributed by atoms with Gasteiger partial charge in [-0.3, -0.25) is 4.74 Å². The zero-order chi connectivity index (χ0) is 8.32. The van der Waals surface area contributed by atoms with Crippen LogP contribution in [-0.4, -0.2) is 26.1 Å². The van der Waals surface area contributed by atoms with Crippen molar-refractivity contribution in [2.45, 2.75) is 12.8 Å². The van der Waals surface area contributed by atoms with E-state index in [0.29, 0.717) is 6.54 Å². The van der Waals surface area contributed by atoms with Crippen molar-refractivity contribution in [2.24, 2.45) is 5.92 Å². The molecule has 1 saturated heterocycles. The number of hydrogen-bond donors (Lipinski definition) is 1. The van der Waals surface area contributed by atoms with Crippen LogP contribution < -0.4 is 5.32 Å². The zero-order valence-electron chi connectivity index (χ0n) is 5.95. The Morgan fingerprint density at radius 2 is 2.18 bits per heavy atom. The van der Waals surface area contributed by atoms with Gasteiger partial charge < -0.3 is 5.32 Å². The molecule has 1 N–H and O–H groups in total. The zero-order valence-corrected chi connectivity index (χ0v) is 5.95. The van der Waals surface area contributed by atoms with Gasteiger partial charge in [0.05, 0.1) is 6.61 Å². The van der Waals surface area contributed by atoms with Gasteiger partial charge in [0.1, 0.15) is 0 Å². The molecule has 0 bridgehead atoms. The molecule has 1 aliphatic rings. The van der Waals surface area contributed by atoms with Crippen molar-refractivity contribution in [3.05, 3.63) is 0 Å². The minimum atomic E-state index is -4.47. The molecule has 1 rings (SSSR count). The highest BCUT2D eigenvalue weighted by Crippen LogP contribution is 2.19. The number of hydrogen-bond acceptors (Lipinski definition) is 2. The fourth-order valence-corrected chi connectivity index (χ4v) is 1.07. The van der Waals surface area contributed by atoms with Gasteiger partial charge in [0.2, 0.25) is 0 Å². The third kappa shape index (κ3) is 3.57. The summed E-state index contributed by atoms with van der Waals surface area (Å²) in [4.78, 5) is 0. The summed E-state index contributed by atoms with van der Waals surface area (Å²) in [7, 11) is 0. The van der Waals surface area contributed by atoms with Crippen molar-refractivity contribution in [3.8, 4) is 0 Å². The normalized spacial score (nSPS) is 25.9. The fraction of sp³-hybridized carbons (Fsp3) is 1.00. The van der Waals surface area contributed by atoms with Crippen molar-refractivity contribution in [2.75, 3.05) is 19.7 Å². The van der Waals surface area contributed by atoms with Crippen molar-refractivity contribution < 1.29 is 17.9 Å². The molecule has 0 saturated carbocycles. The maximum atomic E-state index is 11.5. The van der Waals surface area contributed by atoms with Crippen LogP contribution in [0.2, 0.25) is 0 Å². The maximum absolute atomic E-state index is 11.5. The fourth-order valence-electron chi connectivity index (χ4n) is 1.07. The molecule has 0 aromatic rings. The number of alkyl halides is 3. The summed E-state index contributed by atoms with van der Waals surface area (Å²) >= 11 is 0. The second-order valence-corrected chi connectivity index (χ2v) is 2.62. The molecular formula is C6H10F3NO. The lowest BCUT2D eigenvalue weighted by atomic mass is 10.1. The van der Waals surface area contributed by atoms with Crippen LogP contribution in [0.4, 0.5) is 13.2 Å². The molecule has 0 radical (unpaired) electrons. The Morgan fingerprint density at radius 3 is 2.64 bits per heavy atom. The van der Waals surface area contributed by atoms with Crippen LogP contribution in [-0.2, 0) is 4.74 Å². The molecule has 0 aliphatic carbocycles. The van der Waals surface area contributed by atoms with E-state index >= 15 is 0 Å². The van der Waals surface area contributed by atoms with E-state index in [1.165, 1.54) is 0 Å². The lowest BCUT2D eigenvalue weighted by molar-refractivity contribution is -0.327. The highest BCUT2D eigenvalue weighted by atomic mass is 19.4. The molecule has 0 spiro atoms. The third-order valence-electron chi connectivity index (χ3n) is 1.65. The number of halogens is 3. The minimum absolute atomic E-state index is 0.0247. The highest BCUT2D eigenvalue weighted by Gasteiger charge is 2.30. The first-order valence-electron chi connectivity index (χ1n) is 3.49. The van der Waals surface area contributed by atoms with E-state index in [-0.39, 0.29) is 12.5 Å². The molecule has 1 aliphatic heterocycles. The molecular weight excluding hydrogens is 159 g/mol. The topological polar surface area (TPSA) is 21.3 Å². The van der Waals surface area contributed by atoms with Gasteiger partial charge in [0.15, 0.2) is 0 Å². The van der Waals surface area contributed by atoms with Crippen LogP contribution in [0.25, 0.3) is 0 Å². The van der Waals surface area contributed by atoms with Crippen molar-refractivity contribution >= 4 is 0 Å². The predicted molar refractivity (Wildman–Crippen MR) is 33.0 cm³/mol. The van der Waals surface area contributed by atoms with E-state index in [1.54, 1.807) is 0 Å². The largest absolute Gasteiger partial charge is 0.522 e. The van der Waals surface area contributed by atoms with Gasteiger partial charge in [-0.05, 0) is 18.9 Å². The van der Waals surface area contributed by atoms with E-state index in [9.17, 15) is 13.2 Å². The number of rotatable bonds is 2. The first-order valence-corrected chi connectivity index (χ1v) is 3.49. The monoisotopic (exact) mass is 169 g/mol. The van der Waals surface area contributed by atoms with E-state index in [4.69, 9.17) is 0 Å². The Bertz CT molecular complexity index is 119. The van der Waals surface area contributed by atoms with Crippen LogP contribution >= 0.6 is 0 Å². The molecule has 1 atom stereocenters. The molecule has 5 heteroatoms. The van der Waals surface area contributed by atoms with Gasteiger partial charge in [0, 0.05) is 6.54 Å². The van der Waals surface area contributed by atoms with E-state index in [0.717, 1.165) is 13.0 Å². The summed E-state index contributed by atoms with van der Waals surface area (Å²) in [5.41, 5.74) is 0. The van der Waals surface area contributed by atoms with Crippen molar-refractivity contribution in [1.82, 2.24) is 5.32 Å². The Balaban J connectivity index is 2.11. The maximum Gasteiger partial charge on any atom is 0.522 e. The molecule has 66 valence electrons. The van der Waals surface area contributed by atoms with Crippen LogP contribution in [0, 0.1) is 5.92 Å². The van der Waals surface area contributed by atoms with Crippen molar-refractivity contribution in [3.63, 3.8) is 0 Å². The van der Waals surface area contributed by atoms with E-state index < -0.39 is 6.36 Å². The van der Waals surface area contributed by atoms with Gasteiger partial charge in [-0.2, -0.15) is 0 Å². The summed E-state index contributed by atoms with van der Waals surface area (Å²) in [5, 5.41) is 2.96. The van der Waals surface area contributed by atoms with E-state index in [2.05, 4.69) is 10.1 Å². The smallest absolute Gasteiger partial charge is 0.316 e. The molecule has 11 heavy (non-hydrogen) atoms. The number of ether oxygens (including phenoxy) is 1. The standard InChI is InChI=1S/C6H10F3NO/c7-6(8,9)11-4-5-1-2-10-3-5/h5,10H,1-4H2. The highest BCUT2D eigenvalue weighted by molar-refractivity contribution is 4.70. The molecule has 1 fully saturated rings. The number of nitrogens with one attached hydrogen (secondary N) is 1. The Morgan fingerprint density at radius 1 is 1.45 bits per heavy atom. The van der Waals surface area contributed by atoms with Gasteiger partial charge in [-0.25, -0.2) is 0 Å². The van der Waals surface area contributed by atoms with Crippen LogP contribution in [0.1, 0.15) is 6.42 Å². The first-order chi connectivity index (χ1) is 5.08. The van der Waals surface area contributed by atoms with Crippen LogP contribution in [0.15, 0.2) is 0 Å². The predicted octanol–water partition coefficient (Wildman–Crippen LogP) is 1.13. The summed E-state index contributed by atoms with van der Waals surface area (Å²) in [6.07, 6.45) is -3.70. The summed E-state index contributed by atoms with van der Waals surface area (Å²) in [6.45, 7) is 1.22. The van der Waals surface area contributed by atoms with Crippen LogP contribution in [0.5, 0.6) is 0 Å². The summed E-state index contributed by atoms with van der Waals surface area (Å²) in [6, 6.07) is 0. The van der Waals surface area contributed by atoms with Gasteiger partial charge in [-0.1, -0.05) is 0 Å². The molecule has 1 unspecified atom stereocenters. The lowest BCUT2D eigenvalue weighted by Crippen LogP contribution is -2.21. The average Bonchev–Trinajstić information content (AvgIpc) is 2.32. The molecule has 2 nitrogen and oxygen atoms in total. The molecule has 0 amide bonds. The average molecular weight is 169 g/mol. The van der Waals surface area contributed by atoms with Gasteiger partial charge in [-0.15, -0.1) is 13.2 Å².